The van der Waals surface area contributed by atoms with Crippen LogP contribution in [0, 0.1) is 0 Å². The Labute approximate surface area is 142 Å². The summed E-state index contributed by atoms with van der Waals surface area (Å²) >= 11 is 12.1. The zero-order chi connectivity index (χ0) is 16.7. The highest BCUT2D eigenvalue weighted by atomic mass is 35.5. The van der Waals surface area contributed by atoms with Crippen LogP contribution in [0.4, 0.5) is 0 Å². The molecule has 6 heteroatoms. The average Bonchev–Trinajstić information content (AvgIpc) is 2.46. The van der Waals surface area contributed by atoms with Crippen molar-refractivity contribution in [3.63, 3.8) is 0 Å². The van der Waals surface area contributed by atoms with E-state index in [4.69, 9.17) is 27.9 Å². The lowest BCUT2D eigenvalue weighted by molar-refractivity contribution is -0.132. The summed E-state index contributed by atoms with van der Waals surface area (Å²) in [6.45, 7) is 3.85. The van der Waals surface area contributed by atoms with Crippen molar-refractivity contribution in [1.29, 1.82) is 0 Å². The van der Waals surface area contributed by atoms with E-state index in [1.54, 1.807) is 31.2 Å². The maximum Gasteiger partial charge on any atom is 0.236 e. The predicted molar refractivity (Wildman–Crippen MR) is 91.6 cm³/mol. The molecular weight excluding hydrogens is 323 g/mol. The van der Waals surface area contributed by atoms with Crippen LogP contribution in [0.25, 0.3) is 0 Å². The Hall–Kier alpha value is -0.810. The van der Waals surface area contributed by atoms with Crippen molar-refractivity contribution in [1.82, 2.24) is 9.80 Å². The Bertz CT molecular complexity index is 497. The minimum atomic E-state index is -0.107. The molecule has 0 fully saturated rings. The number of halogens is 2. The SMILES string of the molecule is COCCCN(C)CC(=O)N(C)C(C)c1ccc(Cl)cc1Cl. The van der Waals surface area contributed by atoms with Crippen LogP contribution in [-0.4, -0.2) is 56.6 Å². The van der Waals surface area contributed by atoms with Gasteiger partial charge in [0, 0.05) is 37.4 Å². The lowest BCUT2D eigenvalue weighted by Gasteiger charge is -2.28. The number of benzene rings is 1. The van der Waals surface area contributed by atoms with E-state index in [1.165, 1.54) is 0 Å². The van der Waals surface area contributed by atoms with Gasteiger partial charge < -0.3 is 9.64 Å². The van der Waals surface area contributed by atoms with E-state index < -0.39 is 0 Å². The predicted octanol–water partition coefficient (Wildman–Crippen LogP) is 3.48. The molecule has 0 aromatic heterocycles. The van der Waals surface area contributed by atoms with E-state index in [2.05, 4.69) is 0 Å². The van der Waals surface area contributed by atoms with Crippen LogP contribution in [0.5, 0.6) is 0 Å². The minimum Gasteiger partial charge on any atom is -0.385 e. The molecule has 1 atom stereocenters. The molecule has 0 aliphatic rings. The fraction of sp³-hybridized carbons (Fsp3) is 0.562. The third-order valence-corrected chi connectivity index (χ3v) is 4.24. The molecule has 0 N–H and O–H groups in total. The first-order chi connectivity index (χ1) is 10.4. The van der Waals surface area contributed by atoms with Gasteiger partial charge in [-0.15, -0.1) is 0 Å². The van der Waals surface area contributed by atoms with E-state index in [-0.39, 0.29) is 11.9 Å². The molecule has 1 unspecified atom stereocenters. The highest BCUT2D eigenvalue weighted by molar-refractivity contribution is 6.35. The van der Waals surface area contributed by atoms with E-state index in [9.17, 15) is 4.79 Å². The van der Waals surface area contributed by atoms with Gasteiger partial charge >= 0.3 is 0 Å². The van der Waals surface area contributed by atoms with Gasteiger partial charge in [-0.1, -0.05) is 29.3 Å². The topological polar surface area (TPSA) is 32.8 Å². The Morgan fingerprint density at radius 3 is 2.59 bits per heavy atom. The number of methoxy groups -OCH3 is 1. The molecule has 0 saturated carbocycles. The minimum absolute atomic E-state index is 0.0541. The lowest BCUT2D eigenvalue weighted by atomic mass is 10.1. The molecule has 1 rings (SSSR count). The molecule has 0 saturated heterocycles. The summed E-state index contributed by atoms with van der Waals surface area (Å²) in [6, 6.07) is 5.24. The highest BCUT2D eigenvalue weighted by Crippen LogP contribution is 2.29. The van der Waals surface area contributed by atoms with Gasteiger partial charge in [0.2, 0.25) is 5.91 Å². The van der Waals surface area contributed by atoms with E-state index in [0.29, 0.717) is 23.2 Å². The van der Waals surface area contributed by atoms with Crippen LogP contribution in [0.1, 0.15) is 24.9 Å². The summed E-state index contributed by atoms with van der Waals surface area (Å²) in [5, 5.41) is 1.17. The molecule has 0 bridgehead atoms. The smallest absolute Gasteiger partial charge is 0.236 e. The number of hydrogen-bond donors (Lipinski definition) is 0. The zero-order valence-electron chi connectivity index (χ0n) is 13.6. The van der Waals surface area contributed by atoms with Crippen molar-refractivity contribution in [2.45, 2.75) is 19.4 Å². The maximum absolute atomic E-state index is 12.4. The molecule has 22 heavy (non-hydrogen) atoms. The molecule has 0 aliphatic carbocycles. The quantitative estimate of drug-likeness (QED) is 0.675. The summed E-state index contributed by atoms with van der Waals surface area (Å²) in [7, 11) is 5.40. The Morgan fingerprint density at radius 1 is 1.32 bits per heavy atom. The number of carbonyl (C=O) groups is 1. The Kier molecular flexibility index (Phi) is 8.18. The van der Waals surface area contributed by atoms with Crippen molar-refractivity contribution in [3.05, 3.63) is 33.8 Å². The largest absolute Gasteiger partial charge is 0.385 e. The first-order valence-electron chi connectivity index (χ1n) is 7.25. The molecule has 124 valence electrons. The van der Waals surface area contributed by atoms with Gasteiger partial charge in [-0.2, -0.15) is 0 Å². The fourth-order valence-electron chi connectivity index (χ4n) is 2.17. The lowest BCUT2D eigenvalue weighted by Crippen LogP contribution is -2.38. The van der Waals surface area contributed by atoms with Crippen molar-refractivity contribution >= 4 is 29.1 Å². The monoisotopic (exact) mass is 346 g/mol. The second kappa shape index (κ2) is 9.36. The molecule has 0 spiro atoms. The number of ether oxygens (including phenoxy) is 1. The van der Waals surface area contributed by atoms with Gasteiger partial charge in [-0.25, -0.2) is 0 Å². The summed E-state index contributed by atoms with van der Waals surface area (Å²) in [5.74, 6) is 0.0541. The first-order valence-corrected chi connectivity index (χ1v) is 8.00. The van der Waals surface area contributed by atoms with Crippen LogP contribution in [0.15, 0.2) is 18.2 Å². The van der Waals surface area contributed by atoms with Crippen molar-refractivity contribution in [2.24, 2.45) is 0 Å². The second-order valence-corrected chi connectivity index (χ2v) is 6.27. The standard InChI is InChI=1S/C16H24Cl2N2O2/c1-12(14-7-6-13(17)10-15(14)18)20(3)16(21)11-19(2)8-5-9-22-4/h6-7,10,12H,5,8-9,11H2,1-4H3. The second-order valence-electron chi connectivity index (χ2n) is 5.43. The summed E-state index contributed by atoms with van der Waals surface area (Å²) in [6.07, 6.45) is 0.905. The van der Waals surface area contributed by atoms with Gasteiger partial charge in [0.05, 0.1) is 12.6 Å². The van der Waals surface area contributed by atoms with Crippen molar-refractivity contribution in [3.8, 4) is 0 Å². The van der Waals surface area contributed by atoms with Crippen LogP contribution < -0.4 is 0 Å². The summed E-state index contributed by atoms with van der Waals surface area (Å²) < 4.78 is 5.02. The number of likely N-dealkylation sites (N-methyl/N-ethyl adjacent to an activating group) is 2. The average molecular weight is 347 g/mol. The van der Waals surface area contributed by atoms with Gasteiger partial charge in [-0.05, 0) is 38.1 Å². The number of amides is 1. The number of hydrogen-bond acceptors (Lipinski definition) is 3. The van der Waals surface area contributed by atoms with Gasteiger partial charge in [0.25, 0.3) is 0 Å². The van der Waals surface area contributed by atoms with Crippen LogP contribution in [0.2, 0.25) is 10.0 Å². The summed E-state index contributed by atoms with van der Waals surface area (Å²) in [5.41, 5.74) is 0.893. The molecule has 0 radical (unpaired) electrons. The highest BCUT2D eigenvalue weighted by Gasteiger charge is 2.20. The van der Waals surface area contributed by atoms with Gasteiger partial charge in [0.1, 0.15) is 0 Å². The molecule has 0 aliphatic heterocycles. The molecule has 1 aromatic rings. The molecule has 1 amide bonds. The van der Waals surface area contributed by atoms with Gasteiger partial charge in [0.15, 0.2) is 0 Å². The normalized spacial score (nSPS) is 12.5. The van der Waals surface area contributed by atoms with E-state index in [1.807, 2.05) is 24.9 Å². The first kappa shape index (κ1) is 19.2. The summed E-state index contributed by atoms with van der Waals surface area (Å²) in [4.78, 5) is 16.1. The Balaban J connectivity index is 2.61. The number of rotatable bonds is 8. The molecule has 4 nitrogen and oxygen atoms in total. The number of carbonyl (C=O) groups excluding carboxylic acids is 1. The Morgan fingerprint density at radius 2 is 2.00 bits per heavy atom. The maximum atomic E-state index is 12.4. The molecular formula is C16H24Cl2N2O2. The van der Waals surface area contributed by atoms with Crippen molar-refractivity contribution in [2.75, 3.05) is 40.9 Å². The van der Waals surface area contributed by atoms with Crippen LogP contribution >= 0.6 is 23.2 Å². The molecule has 1 aromatic carbocycles. The fourth-order valence-corrected chi connectivity index (χ4v) is 2.73. The van der Waals surface area contributed by atoms with E-state index >= 15 is 0 Å². The third-order valence-electron chi connectivity index (χ3n) is 3.68. The third kappa shape index (κ3) is 5.76. The van der Waals surface area contributed by atoms with E-state index in [0.717, 1.165) is 18.5 Å². The zero-order valence-corrected chi connectivity index (χ0v) is 15.1. The molecule has 0 heterocycles. The van der Waals surface area contributed by atoms with Crippen molar-refractivity contribution < 1.29 is 9.53 Å². The van der Waals surface area contributed by atoms with Crippen LogP contribution in [-0.2, 0) is 9.53 Å². The number of nitrogens with zero attached hydrogens (tertiary/aromatic N) is 2. The van der Waals surface area contributed by atoms with Gasteiger partial charge in [-0.3, -0.25) is 9.69 Å². The van der Waals surface area contributed by atoms with Crippen LogP contribution in [0.3, 0.4) is 0 Å².